The number of hydrogen-bond donors (Lipinski definition) is 3. The highest BCUT2D eigenvalue weighted by Gasteiger charge is 2.26. The van der Waals surface area contributed by atoms with E-state index in [1.54, 1.807) is 0 Å². The number of phosphoric acid groups is 1. The van der Waals surface area contributed by atoms with E-state index >= 15 is 0 Å². The lowest BCUT2D eigenvalue weighted by atomic mass is 10.1. The fourth-order valence-electron chi connectivity index (χ4n) is 5.56. The summed E-state index contributed by atoms with van der Waals surface area (Å²) in [6.45, 7) is 3.46. The average molecular weight is 759 g/mol. The first-order chi connectivity index (χ1) is 25.3. The van der Waals surface area contributed by atoms with Crippen molar-refractivity contribution in [2.24, 2.45) is 0 Å². The van der Waals surface area contributed by atoms with Gasteiger partial charge in [0.25, 0.3) is 0 Å². The summed E-state index contributed by atoms with van der Waals surface area (Å²) >= 11 is 0. The molecular weight excluding hydrogens is 679 g/mol. The van der Waals surface area contributed by atoms with Gasteiger partial charge in [-0.1, -0.05) is 140 Å². The van der Waals surface area contributed by atoms with E-state index in [1.165, 1.54) is 89.9 Å². The summed E-state index contributed by atoms with van der Waals surface area (Å²) in [5.41, 5.74) is 0. The van der Waals surface area contributed by atoms with Gasteiger partial charge in [0.2, 0.25) is 0 Å². The van der Waals surface area contributed by atoms with Gasteiger partial charge in [0.15, 0.2) is 0 Å². The monoisotopic (exact) mass is 759 g/mol. The minimum Gasteiger partial charge on any atom is -0.457 e. The van der Waals surface area contributed by atoms with E-state index in [0.717, 1.165) is 64.2 Å². The van der Waals surface area contributed by atoms with Crippen molar-refractivity contribution in [1.82, 2.24) is 0 Å². The third-order valence-corrected chi connectivity index (χ3v) is 9.75. The number of aliphatic hydroxyl groups excluding tert-OH is 2. The second-order valence-corrected chi connectivity index (χ2v) is 15.5. The molecule has 0 aliphatic rings. The number of unbranched alkanes of at least 4 members (excludes halogenated alkanes) is 20. The lowest BCUT2D eigenvalue weighted by Crippen LogP contribution is -2.29. The number of ether oxygens (including phenoxy) is 2. The minimum atomic E-state index is -4.52. The van der Waals surface area contributed by atoms with E-state index in [0.29, 0.717) is 13.0 Å². The van der Waals surface area contributed by atoms with Crippen molar-refractivity contribution in [1.29, 1.82) is 0 Å². The Hall–Kier alpha value is -1.32. The molecule has 0 aliphatic carbocycles. The third-order valence-electron chi connectivity index (χ3n) is 8.80. The fraction of sp³-hybridized carbons (Fsp3) is 0.833. The van der Waals surface area contributed by atoms with Crippen LogP contribution in [0.3, 0.4) is 0 Å². The van der Waals surface area contributed by atoms with Gasteiger partial charge in [-0.2, -0.15) is 0 Å². The zero-order chi connectivity index (χ0) is 38.2. The van der Waals surface area contributed by atoms with E-state index < -0.39 is 39.2 Å². The SMILES string of the molecule is CCCCCC/C=C\C/C=C\CCCCCCCCOCC(COP(=O)(O)OCC(O)CO)OC(=O)CCCCCCC/C=C\CCCCCCC. The molecular formula is C42H79O9P. The molecule has 0 aromatic carbocycles. The Morgan fingerprint density at radius 1 is 0.596 bits per heavy atom. The molecule has 306 valence electrons. The summed E-state index contributed by atoms with van der Waals surface area (Å²) in [6.07, 6.45) is 41.0. The molecule has 0 aliphatic heterocycles. The standard InChI is InChI=1S/C42H79O9P/c1-3-5-7-9-11-13-15-17-19-20-21-23-25-27-29-31-33-35-48-38-41(39-50-52(46,47)49-37-40(44)36-43)51-42(45)34-32-30-28-26-24-22-18-16-14-12-10-8-6-4-2/h13,15-16,18-20,40-41,43-44H,3-12,14,17,21-39H2,1-2H3,(H,46,47)/b15-13-,18-16-,20-19-. The molecule has 0 aromatic heterocycles. The van der Waals surface area contributed by atoms with E-state index in [1.807, 2.05) is 0 Å². The molecule has 3 N–H and O–H groups in total. The first-order valence-corrected chi connectivity index (χ1v) is 22.5. The highest BCUT2D eigenvalue weighted by Crippen LogP contribution is 2.43. The smallest absolute Gasteiger partial charge is 0.457 e. The Morgan fingerprint density at radius 3 is 1.58 bits per heavy atom. The van der Waals surface area contributed by atoms with Gasteiger partial charge in [0.1, 0.15) is 12.2 Å². The number of carbonyl (C=O) groups excluding carboxylic acids is 1. The van der Waals surface area contributed by atoms with Gasteiger partial charge in [-0.05, 0) is 70.6 Å². The Bertz CT molecular complexity index is 908. The van der Waals surface area contributed by atoms with Gasteiger partial charge >= 0.3 is 13.8 Å². The number of phosphoric ester groups is 1. The summed E-state index contributed by atoms with van der Waals surface area (Å²) in [5.74, 6) is -0.396. The molecule has 0 aromatic rings. The lowest BCUT2D eigenvalue weighted by Gasteiger charge is -2.20. The fourth-order valence-corrected chi connectivity index (χ4v) is 6.35. The minimum absolute atomic E-state index is 0.0393. The van der Waals surface area contributed by atoms with Crippen LogP contribution >= 0.6 is 7.82 Å². The summed E-state index contributed by atoms with van der Waals surface area (Å²) in [5, 5.41) is 18.3. The number of esters is 1. The predicted octanol–water partition coefficient (Wildman–Crippen LogP) is 11.3. The molecule has 0 heterocycles. The largest absolute Gasteiger partial charge is 0.472 e. The first kappa shape index (κ1) is 50.7. The summed E-state index contributed by atoms with van der Waals surface area (Å²) in [7, 11) is -4.52. The van der Waals surface area contributed by atoms with Crippen LogP contribution in [0.25, 0.3) is 0 Å². The van der Waals surface area contributed by atoms with Crippen LogP contribution < -0.4 is 0 Å². The van der Waals surface area contributed by atoms with Crippen LogP contribution in [-0.4, -0.2) is 66.3 Å². The highest BCUT2D eigenvalue weighted by molar-refractivity contribution is 7.47. The van der Waals surface area contributed by atoms with Gasteiger partial charge < -0.3 is 24.6 Å². The van der Waals surface area contributed by atoms with Crippen molar-refractivity contribution in [2.45, 2.75) is 193 Å². The number of hydrogen-bond acceptors (Lipinski definition) is 8. The van der Waals surface area contributed by atoms with Crippen LogP contribution in [0.5, 0.6) is 0 Å². The van der Waals surface area contributed by atoms with Crippen LogP contribution in [0.2, 0.25) is 0 Å². The van der Waals surface area contributed by atoms with Gasteiger partial charge in [0.05, 0.1) is 26.4 Å². The third kappa shape index (κ3) is 38.4. The number of aliphatic hydroxyl groups is 2. The molecule has 0 radical (unpaired) electrons. The van der Waals surface area contributed by atoms with Crippen molar-refractivity contribution in [3.63, 3.8) is 0 Å². The maximum atomic E-state index is 12.6. The molecule has 0 fully saturated rings. The highest BCUT2D eigenvalue weighted by atomic mass is 31.2. The predicted molar refractivity (Wildman–Crippen MR) is 214 cm³/mol. The van der Waals surface area contributed by atoms with Crippen LogP contribution in [0.15, 0.2) is 36.5 Å². The first-order valence-electron chi connectivity index (χ1n) is 21.0. The molecule has 0 saturated carbocycles. The molecule has 52 heavy (non-hydrogen) atoms. The van der Waals surface area contributed by atoms with Crippen molar-refractivity contribution in [3.05, 3.63) is 36.5 Å². The Kier molecular flexibility index (Phi) is 38.4. The molecule has 10 heteroatoms. The zero-order valence-corrected chi connectivity index (χ0v) is 34.2. The summed E-state index contributed by atoms with van der Waals surface area (Å²) < 4.78 is 33.3. The van der Waals surface area contributed by atoms with Gasteiger partial charge in [-0.15, -0.1) is 0 Å². The van der Waals surface area contributed by atoms with Crippen molar-refractivity contribution < 1.29 is 43.0 Å². The van der Waals surface area contributed by atoms with E-state index in [2.05, 4.69) is 50.3 Å². The van der Waals surface area contributed by atoms with Crippen LogP contribution in [0, 0.1) is 0 Å². The molecule has 0 rings (SSSR count). The van der Waals surface area contributed by atoms with Crippen molar-refractivity contribution in [2.75, 3.05) is 33.0 Å². The summed E-state index contributed by atoms with van der Waals surface area (Å²) in [6, 6.07) is 0. The topological polar surface area (TPSA) is 132 Å². The second kappa shape index (κ2) is 39.4. The number of rotatable bonds is 40. The van der Waals surface area contributed by atoms with E-state index in [-0.39, 0.29) is 19.6 Å². The van der Waals surface area contributed by atoms with Crippen LogP contribution in [0.1, 0.15) is 181 Å². The molecule has 9 nitrogen and oxygen atoms in total. The Labute approximate surface area is 318 Å². The molecule has 0 spiro atoms. The van der Waals surface area contributed by atoms with Crippen LogP contribution in [-0.2, 0) is 27.9 Å². The van der Waals surface area contributed by atoms with E-state index in [9.17, 15) is 19.4 Å². The maximum Gasteiger partial charge on any atom is 0.472 e. The Morgan fingerprint density at radius 2 is 1.04 bits per heavy atom. The quantitative estimate of drug-likeness (QED) is 0.0242. The molecule has 0 saturated heterocycles. The van der Waals surface area contributed by atoms with Crippen molar-refractivity contribution in [3.8, 4) is 0 Å². The summed E-state index contributed by atoms with van der Waals surface area (Å²) in [4.78, 5) is 22.5. The normalized spacial score (nSPS) is 14.5. The number of carbonyl (C=O) groups is 1. The van der Waals surface area contributed by atoms with Crippen molar-refractivity contribution >= 4 is 13.8 Å². The lowest BCUT2D eigenvalue weighted by molar-refractivity contribution is -0.154. The van der Waals surface area contributed by atoms with Crippen LogP contribution in [0.4, 0.5) is 0 Å². The van der Waals surface area contributed by atoms with Gasteiger partial charge in [0, 0.05) is 13.0 Å². The molecule has 3 atom stereocenters. The Balaban J connectivity index is 4.22. The zero-order valence-electron chi connectivity index (χ0n) is 33.3. The molecule has 3 unspecified atom stereocenters. The second-order valence-electron chi connectivity index (χ2n) is 14.0. The van der Waals surface area contributed by atoms with E-state index in [4.69, 9.17) is 23.6 Å². The van der Waals surface area contributed by atoms with Gasteiger partial charge in [-0.25, -0.2) is 4.57 Å². The number of allylic oxidation sites excluding steroid dienone is 6. The average Bonchev–Trinajstić information content (AvgIpc) is 3.13. The maximum absolute atomic E-state index is 12.6. The molecule has 0 amide bonds. The molecule has 0 bridgehead atoms. The van der Waals surface area contributed by atoms with Gasteiger partial charge in [-0.3, -0.25) is 13.8 Å².